The summed E-state index contributed by atoms with van der Waals surface area (Å²) in [6.07, 6.45) is 0. The van der Waals surface area contributed by atoms with Crippen LogP contribution in [0.25, 0.3) is 0 Å². The number of nitrogens with one attached hydrogen (secondary N) is 1. The Bertz CT molecular complexity index is 188. The molecule has 0 bridgehead atoms. The van der Waals surface area contributed by atoms with Crippen molar-refractivity contribution in [3.63, 3.8) is 0 Å². The normalized spacial score (nSPS) is 27.1. The van der Waals surface area contributed by atoms with Gasteiger partial charge < -0.3 is 10.8 Å². The molecule has 0 saturated carbocycles. The second-order valence-corrected chi connectivity index (χ2v) is 4.43. The van der Waals surface area contributed by atoms with Crippen LogP contribution in [-0.2, 0) is 0 Å². The molecule has 5 heteroatoms. The van der Waals surface area contributed by atoms with Gasteiger partial charge in [0.1, 0.15) is 5.84 Å². The second-order valence-electron chi connectivity index (χ2n) is 3.28. The minimum absolute atomic E-state index is 0.0435. The molecule has 0 aliphatic carbocycles. The first-order chi connectivity index (χ1) is 6.16. The lowest BCUT2D eigenvalue weighted by Crippen LogP contribution is -2.53. The number of nitrogens with zero attached hydrogens (tertiary/aromatic N) is 1. The van der Waals surface area contributed by atoms with Crippen LogP contribution >= 0.6 is 11.8 Å². The van der Waals surface area contributed by atoms with E-state index in [4.69, 9.17) is 16.2 Å². The van der Waals surface area contributed by atoms with Crippen molar-refractivity contribution >= 4 is 17.6 Å². The van der Waals surface area contributed by atoms with E-state index in [1.54, 1.807) is 0 Å². The van der Waals surface area contributed by atoms with E-state index in [0.29, 0.717) is 0 Å². The smallest absolute Gasteiger partial charge is 0.108 e. The van der Waals surface area contributed by atoms with Crippen LogP contribution in [-0.4, -0.2) is 52.6 Å². The van der Waals surface area contributed by atoms with E-state index in [1.807, 2.05) is 18.7 Å². The van der Waals surface area contributed by atoms with E-state index in [2.05, 4.69) is 4.90 Å². The number of amidine groups is 1. The van der Waals surface area contributed by atoms with Gasteiger partial charge in [-0.05, 0) is 6.92 Å². The first kappa shape index (κ1) is 10.8. The Morgan fingerprint density at radius 3 is 3.08 bits per heavy atom. The van der Waals surface area contributed by atoms with Crippen LogP contribution in [0.5, 0.6) is 0 Å². The van der Waals surface area contributed by atoms with Crippen LogP contribution in [0.2, 0.25) is 0 Å². The SMILES string of the molecule is CC(C(=N)N)N1CCSCC1CO. The van der Waals surface area contributed by atoms with Gasteiger partial charge in [-0.2, -0.15) is 11.8 Å². The Balaban J connectivity index is 2.58. The predicted octanol–water partition coefficient (Wildman–Crippen LogP) is -0.279. The van der Waals surface area contributed by atoms with E-state index in [1.165, 1.54) is 0 Å². The fourth-order valence-electron chi connectivity index (χ4n) is 1.51. The Hall–Kier alpha value is -0.260. The molecule has 0 amide bonds. The van der Waals surface area contributed by atoms with Crippen molar-refractivity contribution in [1.82, 2.24) is 4.90 Å². The number of thioether (sulfide) groups is 1. The minimum Gasteiger partial charge on any atom is -0.395 e. The zero-order chi connectivity index (χ0) is 9.84. The summed E-state index contributed by atoms with van der Waals surface area (Å²) in [5.41, 5.74) is 5.44. The van der Waals surface area contributed by atoms with Gasteiger partial charge in [0.05, 0.1) is 12.6 Å². The molecular formula is C8H17N3OS. The Kier molecular flexibility index (Phi) is 4.02. The molecule has 0 aromatic rings. The van der Waals surface area contributed by atoms with Crippen molar-refractivity contribution in [3.05, 3.63) is 0 Å². The van der Waals surface area contributed by atoms with Crippen molar-refractivity contribution in [3.8, 4) is 0 Å². The lowest BCUT2D eigenvalue weighted by atomic mass is 10.2. The quantitative estimate of drug-likeness (QED) is 0.436. The zero-order valence-corrected chi connectivity index (χ0v) is 8.68. The number of hydrogen-bond donors (Lipinski definition) is 3. The lowest BCUT2D eigenvalue weighted by Gasteiger charge is -2.37. The van der Waals surface area contributed by atoms with Crippen LogP contribution in [0.15, 0.2) is 0 Å². The molecule has 2 atom stereocenters. The van der Waals surface area contributed by atoms with Crippen LogP contribution in [0.4, 0.5) is 0 Å². The summed E-state index contributed by atoms with van der Waals surface area (Å²) in [5, 5.41) is 16.5. The zero-order valence-electron chi connectivity index (χ0n) is 7.86. The molecule has 1 aliphatic rings. The predicted molar refractivity (Wildman–Crippen MR) is 56.3 cm³/mol. The van der Waals surface area contributed by atoms with Crippen LogP contribution in [0.1, 0.15) is 6.92 Å². The van der Waals surface area contributed by atoms with Gasteiger partial charge in [-0.25, -0.2) is 0 Å². The summed E-state index contributed by atoms with van der Waals surface area (Å²) in [7, 11) is 0. The third-order valence-electron chi connectivity index (χ3n) is 2.43. The average molecular weight is 203 g/mol. The Morgan fingerprint density at radius 2 is 2.54 bits per heavy atom. The van der Waals surface area contributed by atoms with Gasteiger partial charge in [-0.15, -0.1) is 0 Å². The molecular weight excluding hydrogens is 186 g/mol. The summed E-state index contributed by atoms with van der Waals surface area (Å²) < 4.78 is 0. The highest BCUT2D eigenvalue weighted by molar-refractivity contribution is 7.99. The average Bonchev–Trinajstić information content (AvgIpc) is 2.16. The van der Waals surface area contributed by atoms with Gasteiger partial charge in [0.2, 0.25) is 0 Å². The maximum Gasteiger partial charge on any atom is 0.108 e. The van der Waals surface area contributed by atoms with E-state index < -0.39 is 0 Å². The number of aliphatic hydroxyl groups is 1. The third kappa shape index (κ3) is 2.59. The Morgan fingerprint density at radius 1 is 1.85 bits per heavy atom. The van der Waals surface area contributed by atoms with Crippen LogP contribution in [0, 0.1) is 5.41 Å². The van der Waals surface area contributed by atoms with Gasteiger partial charge in [0.15, 0.2) is 0 Å². The van der Waals surface area contributed by atoms with Crippen molar-refractivity contribution in [2.24, 2.45) is 5.73 Å². The highest BCUT2D eigenvalue weighted by Gasteiger charge is 2.27. The van der Waals surface area contributed by atoms with E-state index >= 15 is 0 Å². The lowest BCUT2D eigenvalue weighted by molar-refractivity contribution is 0.127. The van der Waals surface area contributed by atoms with Crippen molar-refractivity contribution in [2.75, 3.05) is 24.7 Å². The molecule has 0 aromatic carbocycles. The molecule has 1 aliphatic heterocycles. The molecule has 4 nitrogen and oxygen atoms in total. The van der Waals surface area contributed by atoms with Gasteiger partial charge in [-0.1, -0.05) is 0 Å². The molecule has 0 aromatic heterocycles. The number of nitrogens with two attached hydrogens (primary N) is 1. The third-order valence-corrected chi connectivity index (χ3v) is 3.52. The molecule has 1 fully saturated rings. The monoisotopic (exact) mass is 203 g/mol. The summed E-state index contributed by atoms with van der Waals surface area (Å²) in [6, 6.07) is 0.121. The minimum atomic E-state index is -0.0435. The van der Waals surface area contributed by atoms with E-state index in [-0.39, 0.29) is 24.5 Å². The second kappa shape index (κ2) is 4.83. The van der Waals surface area contributed by atoms with Gasteiger partial charge in [0, 0.05) is 24.1 Å². The van der Waals surface area contributed by atoms with Crippen LogP contribution < -0.4 is 5.73 Å². The maximum atomic E-state index is 9.13. The molecule has 13 heavy (non-hydrogen) atoms. The molecule has 1 rings (SSSR count). The standard InChI is InChI=1S/C8H17N3OS/c1-6(8(9)10)11-2-3-13-5-7(11)4-12/h6-7,12H,2-5H2,1H3,(H3,9,10). The van der Waals surface area contributed by atoms with Crippen LogP contribution in [0.3, 0.4) is 0 Å². The topological polar surface area (TPSA) is 73.3 Å². The summed E-state index contributed by atoms with van der Waals surface area (Å²) in [4.78, 5) is 2.11. The Labute approximate surface area is 83.0 Å². The summed E-state index contributed by atoms with van der Waals surface area (Å²) in [6.45, 7) is 2.99. The van der Waals surface area contributed by atoms with Crippen molar-refractivity contribution in [1.29, 1.82) is 5.41 Å². The molecule has 4 N–H and O–H groups in total. The molecule has 76 valence electrons. The number of rotatable bonds is 3. The maximum absolute atomic E-state index is 9.13. The molecule has 2 unspecified atom stereocenters. The van der Waals surface area contributed by atoms with E-state index in [9.17, 15) is 0 Å². The van der Waals surface area contributed by atoms with Crippen molar-refractivity contribution in [2.45, 2.75) is 19.0 Å². The van der Waals surface area contributed by atoms with Crippen molar-refractivity contribution < 1.29 is 5.11 Å². The van der Waals surface area contributed by atoms with E-state index in [0.717, 1.165) is 18.1 Å². The molecule has 1 heterocycles. The summed E-state index contributed by atoms with van der Waals surface area (Å²) in [5.74, 6) is 2.19. The highest BCUT2D eigenvalue weighted by atomic mass is 32.2. The van der Waals surface area contributed by atoms with Gasteiger partial charge >= 0.3 is 0 Å². The fraction of sp³-hybridized carbons (Fsp3) is 0.875. The first-order valence-corrected chi connectivity index (χ1v) is 5.60. The van der Waals surface area contributed by atoms with Gasteiger partial charge in [0.25, 0.3) is 0 Å². The first-order valence-electron chi connectivity index (χ1n) is 4.45. The molecule has 0 radical (unpaired) electrons. The largest absolute Gasteiger partial charge is 0.395 e. The summed E-state index contributed by atoms with van der Waals surface area (Å²) >= 11 is 1.85. The number of hydrogen-bond acceptors (Lipinski definition) is 4. The molecule has 1 saturated heterocycles. The van der Waals surface area contributed by atoms with Gasteiger partial charge in [-0.3, -0.25) is 10.3 Å². The molecule has 0 spiro atoms. The fourth-order valence-corrected chi connectivity index (χ4v) is 2.59. The highest BCUT2D eigenvalue weighted by Crippen LogP contribution is 2.18. The number of aliphatic hydroxyl groups excluding tert-OH is 1.